The largest absolute Gasteiger partial charge is 0.504 e. The highest BCUT2D eigenvalue weighted by atomic mass is 35.5. The highest BCUT2D eigenvalue weighted by Gasteiger charge is 2.49. The first kappa shape index (κ1) is 34.6. The Hall–Kier alpha value is -4.83. The third kappa shape index (κ3) is 6.13. The van der Waals surface area contributed by atoms with Crippen molar-refractivity contribution in [3.63, 3.8) is 0 Å². The number of alkyl halides is 3. The minimum atomic E-state index is -4.61. The molecule has 1 spiro atoms. The van der Waals surface area contributed by atoms with Crippen molar-refractivity contribution in [3.8, 4) is 5.75 Å². The highest BCUT2D eigenvalue weighted by molar-refractivity contribution is 6.33. The molecule has 5 heterocycles. The van der Waals surface area contributed by atoms with Crippen molar-refractivity contribution in [2.45, 2.75) is 76.6 Å². The Morgan fingerprint density at radius 2 is 1.90 bits per heavy atom. The number of fused-ring (bicyclic) bond motifs is 3. The van der Waals surface area contributed by atoms with Crippen molar-refractivity contribution in [1.82, 2.24) is 34.4 Å². The summed E-state index contributed by atoms with van der Waals surface area (Å²) < 4.78 is 47.0. The molecular formula is C34H34ClF3N8O5. The summed E-state index contributed by atoms with van der Waals surface area (Å²) in [5.41, 5.74) is 0.423. The summed E-state index contributed by atoms with van der Waals surface area (Å²) in [4.78, 5) is 52.4. The molecule has 268 valence electrons. The van der Waals surface area contributed by atoms with Crippen LogP contribution in [0, 0.1) is 6.92 Å². The Labute approximate surface area is 294 Å². The third-order valence-corrected chi connectivity index (χ3v) is 10.4. The number of halogens is 4. The minimum Gasteiger partial charge on any atom is -0.504 e. The molecule has 3 aromatic heterocycles. The average Bonchev–Trinajstić information content (AvgIpc) is 3.65. The standard InChI is InChI=1S/C34H34ClF3N8O5/c1-17-14-33(7-9-44(10-8-33)32(50)27-29(48)19(3)39-16-40-27)25-28(17)45(15-24(47)41-23-5-4-20(13-22(23)35)34(36,37)38)31-26(30(25)49)42-46(43-31)21-6-11-51-18(2)12-21/h4-6,13,16-18,48H,7-12,14-15H2,1-3H3,(H,41,47)/t17-,18?/m0/s1. The van der Waals surface area contributed by atoms with Crippen molar-refractivity contribution < 1.29 is 32.6 Å². The normalized spacial score (nSPS) is 20.1. The first-order chi connectivity index (χ1) is 24.2. The van der Waals surface area contributed by atoms with Gasteiger partial charge >= 0.3 is 6.18 Å². The van der Waals surface area contributed by atoms with Gasteiger partial charge in [0, 0.05) is 36.2 Å². The van der Waals surface area contributed by atoms with Gasteiger partial charge in [-0.2, -0.15) is 18.0 Å². The van der Waals surface area contributed by atoms with Crippen LogP contribution in [0.4, 0.5) is 18.9 Å². The summed E-state index contributed by atoms with van der Waals surface area (Å²) >= 11 is 6.15. The van der Waals surface area contributed by atoms with E-state index in [1.54, 1.807) is 16.4 Å². The predicted octanol–water partition coefficient (Wildman–Crippen LogP) is 5.04. The number of aromatic hydroxyl groups is 1. The summed E-state index contributed by atoms with van der Waals surface area (Å²) in [6, 6.07) is 2.68. The molecule has 7 rings (SSSR count). The van der Waals surface area contributed by atoms with Crippen LogP contribution in [0.3, 0.4) is 0 Å². The van der Waals surface area contributed by atoms with Gasteiger partial charge in [-0.15, -0.1) is 10.2 Å². The lowest BCUT2D eigenvalue weighted by Gasteiger charge is -2.39. The van der Waals surface area contributed by atoms with Gasteiger partial charge in [-0.1, -0.05) is 18.5 Å². The van der Waals surface area contributed by atoms with E-state index >= 15 is 0 Å². The Morgan fingerprint density at radius 3 is 2.59 bits per heavy atom. The van der Waals surface area contributed by atoms with Crippen LogP contribution in [0.15, 0.2) is 35.4 Å². The number of nitrogens with zero attached hydrogens (tertiary/aromatic N) is 7. The Kier molecular flexibility index (Phi) is 8.65. The zero-order valence-corrected chi connectivity index (χ0v) is 28.7. The van der Waals surface area contributed by atoms with E-state index in [4.69, 9.17) is 21.4 Å². The second-order valence-corrected chi connectivity index (χ2v) is 13.9. The summed E-state index contributed by atoms with van der Waals surface area (Å²) in [7, 11) is 0. The molecule has 2 N–H and O–H groups in total. The van der Waals surface area contributed by atoms with E-state index in [1.165, 1.54) is 11.1 Å². The van der Waals surface area contributed by atoms with Gasteiger partial charge in [-0.05, 0) is 63.3 Å². The molecule has 1 aliphatic carbocycles. The molecule has 1 unspecified atom stereocenters. The molecule has 4 aromatic rings. The molecule has 0 radical (unpaired) electrons. The van der Waals surface area contributed by atoms with E-state index in [0.29, 0.717) is 43.5 Å². The quantitative estimate of drug-likeness (QED) is 0.288. The molecule has 2 aliphatic heterocycles. The lowest BCUT2D eigenvalue weighted by atomic mass is 9.73. The van der Waals surface area contributed by atoms with Crippen LogP contribution >= 0.6 is 11.6 Å². The molecule has 0 bridgehead atoms. The molecule has 1 saturated heterocycles. The second-order valence-electron chi connectivity index (χ2n) is 13.5. The molecule has 2 atom stereocenters. The van der Waals surface area contributed by atoms with Crippen LogP contribution in [0.1, 0.15) is 78.5 Å². The maximum absolute atomic E-state index is 14.5. The van der Waals surface area contributed by atoms with E-state index in [0.717, 1.165) is 23.9 Å². The number of aryl methyl sites for hydroxylation is 1. The Morgan fingerprint density at radius 1 is 1.16 bits per heavy atom. The number of pyridine rings is 1. The van der Waals surface area contributed by atoms with Crippen LogP contribution in [0.5, 0.6) is 5.75 Å². The molecule has 13 nitrogen and oxygen atoms in total. The fraction of sp³-hybridized carbons (Fsp3) is 0.441. The zero-order valence-electron chi connectivity index (χ0n) is 27.9. The van der Waals surface area contributed by atoms with E-state index in [1.807, 2.05) is 19.9 Å². The van der Waals surface area contributed by atoms with E-state index in [9.17, 15) is 32.7 Å². The molecule has 0 saturated carbocycles. The maximum atomic E-state index is 14.5. The fourth-order valence-electron chi connectivity index (χ4n) is 7.61. The lowest BCUT2D eigenvalue weighted by molar-refractivity contribution is -0.137. The number of amides is 2. The van der Waals surface area contributed by atoms with E-state index in [-0.39, 0.29) is 76.1 Å². The van der Waals surface area contributed by atoms with Crippen LogP contribution < -0.4 is 10.7 Å². The Bertz CT molecular complexity index is 2170. The number of benzene rings is 1. The van der Waals surface area contributed by atoms with Gasteiger partial charge in [0.2, 0.25) is 11.3 Å². The molecule has 51 heavy (non-hydrogen) atoms. The van der Waals surface area contributed by atoms with E-state index in [2.05, 4.69) is 20.4 Å². The van der Waals surface area contributed by atoms with Gasteiger partial charge in [0.1, 0.15) is 12.9 Å². The number of rotatable bonds is 5. The highest BCUT2D eigenvalue weighted by Crippen LogP contribution is 2.51. The lowest BCUT2D eigenvalue weighted by Crippen LogP contribution is -2.46. The molecule has 1 aromatic carbocycles. The fourth-order valence-corrected chi connectivity index (χ4v) is 7.84. The number of piperidine rings is 1. The number of carbonyl (C=O) groups excluding carboxylic acids is 2. The van der Waals surface area contributed by atoms with Crippen LogP contribution in [0.25, 0.3) is 16.9 Å². The van der Waals surface area contributed by atoms with Gasteiger partial charge < -0.3 is 24.6 Å². The monoisotopic (exact) mass is 726 g/mol. The topological polar surface area (TPSA) is 157 Å². The SMILES string of the molecule is Cc1ncnc(C(=O)N2CCC3(CC2)C[C@H](C)c2c3c(=O)c3nn(C4=CCOC(C)C4)nc3n2CC(=O)Nc2ccc(C(F)(F)F)cc2Cl)c1O. The summed E-state index contributed by atoms with van der Waals surface area (Å²) in [5, 5.41) is 22.1. The summed E-state index contributed by atoms with van der Waals surface area (Å²) in [6.07, 6.45) is 0.267. The number of hydrogen-bond acceptors (Lipinski definition) is 9. The second kappa shape index (κ2) is 12.7. The molecule has 17 heteroatoms. The molecule has 3 aliphatic rings. The number of anilines is 1. The Balaban J connectivity index is 1.27. The zero-order chi connectivity index (χ0) is 36.4. The first-order valence-corrected chi connectivity index (χ1v) is 16.9. The number of hydrogen-bond donors (Lipinski definition) is 2. The van der Waals surface area contributed by atoms with Crippen LogP contribution in [-0.4, -0.2) is 77.2 Å². The average molecular weight is 727 g/mol. The number of likely N-dealkylation sites (tertiary alicyclic amines) is 1. The van der Waals surface area contributed by atoms with Gasteiger partial charge in [-0.3, -0.25) is 14.4 Å². The smallest absolute Gasteiger partial charge is 0.416 e. The third-order valence-electron chi connectivity index (χ3n) is 10.1. The molecule has 2 amide bonds. The maximum Gasteiger partial charge on any atom is 0.416 e. The van der Waals surface area contributed by atoms with Crippen molar-refractivity contribution in [2.24, 2.45) is 0 Å². The van der Waals surface area contributed by atoms with E-state index < -0.39 is 29.0 Å². The summed E-state index contributed by atoms with van der Waals surface area (Å²) in [5.74, 6) is -1.51. The number of nitrogens with one attached hydrogen (secondary N) is 1. The number of aromatic nitrogens is 6. The van der Waals surface area contributed by atoms with Crippen molar-refractivity contribution in [3.05, 3.63) is 74.1 Å². The van der Waals surface area contributed by atoms with Crippen LogP contribution in [-0.2, 0) is 27.7 Å². The van der Waals surface area contributed by atoms with Crippen LogP contribution in [0.2, 0.25) is 5.02 Å². The van der Waals surface area contributed by atoms with Gasteiger partial charge in [0.25, 0.3) is 5.91 Å². The number of ether oxygens (including phenoxy) is 1. The predicted molar refractivity (Wildman–Crippen MR) is 179 cm³/mol. The van der Waals surface area contributed by atoms with Gasteiger partial charge in [0.15, 0.2) is 22.6 Å². The first-order valence-electron chi connectivity index (χ1n) is 16.5. The van der Waals surface area contributed by atoms with Gasteiger partial charge in [-0.25, -0.2) is 9.97 Å². The van der Waals surface area contributed by atoms with Crippen molar-refractivity contribution >= 4 is 46.0 Å². The molecule has 1 fully saturated rings. The minimum absolute atomic E-state index is 0.0000736. The summed E-state index contributed by atoms with van der Waals surface area (Å²) in [6.45, 7) is 6.04. The van der Waals surface area contributed by atoms with Crippen molar-refractivity contribution in [2.75, 3.05) is 25.0 Å². The number of carbonyl (C=O) groups is 2. The van der Waals surface area contributed by atoms with Crippen molar-refractivity contribution in [1.29, 1.82) is 0 Å². The van der Waals surface area contributed by atoms with Gasteiger partial charge in [0.05, 0.1) is 40.4 Å². The molecular weight excluding hydrogens is 693 g/mol.